The molecule has 0 fully saturated rings. The van der Waals surface area contributed by atoms with Crippen LogP contribution in [0, 0.1) is 0 Å². The number of thiazole rings is 1. The second-order valence-corrected chi connectivity index (χ2v) is 5.50. The van der Waals surface area contributed by atoms with E-state index in [1.807, 2.05) is 17.5 Å². The second-order valence-electron chi connectivity index (χ2n) is 3.65. The van der Waals surface area contributed by atoms with E-state index in [1.54, 1.807) is 18.3 Å². The molecule has 0 saturated carbocycles. The van der Waals surface area contributed by atoms with Crippen LogP contribution in [0.25, 0.3) is 0 Å². The number of nitrogens with zero attached hydrogens (tertiary/aromatic N) is 1. The number of aromatic nitrogens is 1. The predicted octanol–water partition coefficient (Wildman–Crippen LogP) is 3.55. The second kappa shape index (κ2) is 5.08. The molecular formula is C12H12BrNOS. The first-order valence-electron chi connectivity index (χ1n) is 5.02. The summed E-state index contributed by atoms with van der Waals surface area (Å²) in [5.74, 6) is 0. The molecule has 0 aliphatic carbocycles. The highest BCUT2D eigenvalue weighted by Crippen LogP contribution is 2.20. The number of hydrogen-bond acceptors (Lipinski definition) is 3. The van der Waals surface area contributed by atoms with Crippen molar-refractivity contribution in [2.45, 2.75) is 19.4 Å². The number of aliphatic hydroxyl groups excluding tert-OH is 1. The minimum atomic E-state index is -0.477. The molecule has 2 aromatic rings. The van der Waals surface area contributed by atoms with Crippen molar-refractivity contribution >= 4 is 27.3 Å². The zero-order valence-electron chi connectivity index (χ0n) is 8.85. The topological polar surface area (TPSA) is 33.1 Å². The first-order valence-corrected chi connectivity index (χ1v) is 6.69. The summed E-state index contributed by atoms with van der Waals surface area (Å²) in [7, 11) is 0. The van der Waals surface area contributed by atoms with Gasteiger partial charge in [0.05, 0.1) is 16.8 Å². The number of halogens is 1. The van der Waals surface area contributed by atoms with Gasteiger partial charge in [-0.2, -0.15) is 0 Å². The normalized spacial score (nSPS) is 12.7. The van der Waals surface area contributed by atoms with Gasteiger partial charge in [-0.05, 0) is 24.6 Å². The van der Waals surface area contributed by atoms with Gasteiger partial charge in [-0.15, -0.1) is 11.3 Å². The van der Waals surface area contributed by atoms with Crippen LogP contribution in [0.4, 0.5) is 0 Å². The summed E-state index contributed by atoms with van der Waals surface area (Å²) in [6.07, 6.45) is 0.347. The maximum absolute atomic E-state index is 9.38. The van der Waals surface area contributed by atoms with Crippen LogP contribution in [0.5, 0.6) is 0 Å². The van der Waals surface area contributed by atoms with Crippen LogP contribution in [0.1, 0.15) is 29.3 Å². The molecule has 1 heterocycles. The SMILES string of the molecule is CC(O)c1csc(Cc2ccc(Br)cc2)n1. The number of rotatable bonds is 3. The van der Waals surface area contributed by atoms with Gasteiger partial charge < -0.3 is 5.11 Å². The third kappa shape index (κ3) is 2.90. The molecule has 0 aliphatic rings. The first-order chi connectivity index (χ1) is 7.65. The predicted molar refractivity (Wildman–Crippen MR) is 69.7 cm³/mol. The smallest absolute Gasteiger partial charge is 0.0973 e. The van der Waals surface area contributed by atoms with E-state index >= 15 is 0 Å². The number of hydrogen-bond donors (Lipinski definition) is 1. The maximum atomic E-state index is 9.38. The Bertz CT molecular complexity index is 464. The third-order valence-electron chi connectivity index (χ3n) is 2.27. The molecular weight excluding hydrogens is 286 g/mol. The van der Waals surface area contributed by atoms with Gasteiger partial charge in [0.2, 0.25) is 0 Å². The van der Waals surface area contributed by atoms with Crippen LogP contribution in [0.15, 0.2) is 34.1 Å². The average molecular weight is 298 g/mol. The van der Waals surface area contributed by atoms with E-state index in [-0.39, 0.29) is 0 Å². The molecule has 4 heteroatoms. The Labute approximate surface area is 107 Å². The molecule has 0 radical (unpaired) electrons. The molecule has 0 spiro atoms. The lowest BCUT2D eigenvalue weighted by Crippen LogP contribution is -1.92. The standard InChI is InChI=1S/C12H12BrNOS/c1-8(15)11-7-16-12(14-11)6-9-2-4-10(13)5-3-9/h2-5,7-8,15H,6H2,1H3. The van der Waals surface area contributed by atoms with Gasteiger partial charge in [-0.1, -0.05) is 28.1 Å². The van der Waals surface area contributed by atoms with E-state index < -0.39 is 6.10 Å². The van der Waals surface area contributed by atoms with Gasteiger partial charge in [-0.25, -0.2) is 4.98 Å². The van der Waals surface area contributed by atoms with Crippen LogP contribution in [-0.2, 0) is 6.42 Å². The first kappa shape index (κ1) is 11.8. The summed E-state index contributed by atoms with van der Waals surface area (Å²) in [6, 6.07) is 8.21. The van der Waals surface area contributed by atoms with E-state index in [4.69, 9.17) is 0 Å². The largest absolute Gasteiger partial charge is 0.387 e. The summed E-state index contributed by atoms with van der Waals surface area (Å²) in [5, 5.41) is 12.3. The van der Waals surface area contributed by atoms with Crippen molar-refractivity contribution < 1.29 is 5.11 Å². The van der Waals surface area contributed by atoms with Crippen molar-refractivity contribution in [1.82, 2.24) is 4.98 Å². The monoisotopic (exact) mass is 297 g/mol. The molecule has 1 aromatic heterocycles. The summed E-state index contributed by atoms with van der Waals surface area (Å²) < 4.78 is 1.08. The van der Waals surface area contributed by atoms with Crippen LogP contribution >= 0.6 is 27.3 Å². The lowest BCUT2D eigenvalue weighted by molar-refractivity contribution is 0.195. The fourth-order valence-electron chi connectivity index (χ4n) is 1.38. The Hall–Kier alpha value is -0.710. The van der Waals surface area contributed by atoms with Crippen molar-refractivity contribution in [2.75, 3.05) is 0 Å². The molecule has 0 bridgehead atoms. The zero-order chi connectivity index (χ0) is 11.5. The molecule has 1 atom stereocenters. The summed E-state index contributed by atoms with van der Waals surface area (Å²) >= 11 is 5.00. The zero-order valence-corrected chi connectivity index (χ0v) is 11.3. The summed E-state index contributed by atoms with van der Waals surface area (Å²) in [4.78, 5) is 4.38. The fourth-order valence-corrected chi connectivity index (χ4v) is 2.55. The van der Waals surface area contributed by atoms with Gasteiger partial charge in [0.25, 0.3) is 0 Å². The molecule has 84 valence electrons. The van der Waals surface area contributed by atoms with Gasteiger partial charge in [0.15, 0.2) is 0 Å². The molecule has 1 unspecified atom stereocenters. The highest BCUT2D eigenvalue weighted by molar-refractivity contribution is 9.10. The highest BCUT2D eigenvalue weighted by atomic mass is 79.9. The Morgan fingerprint density at radius 3 is 2.62 bits per heavy atom. The van der Waals surface area contributed by atoms with Crippen LogP contribution in [0.2, 0.25) is 0 Å². The van der Waals surface area contributed by atoms with E-state index in [2.05, 4.69) is 33.0 Å². The van der Waals surface area contributed by atoms with Crippen molar-refractivity contribution in [3.05, 3.63) is 50.4 Å². The van der Waals surface area contributed by atoms with Crippen LogP contribution in [-0.4, -0.2) is 10.1 Å². The maximum Gasteiger partial charge on any atom is 0.0973 e. The minimum Gasteiger partial charge on any atom is -0.387 e. The lowest BCUT2D eigenvalue weighted by Gasteiger charge is -1.99. The molecule has 2 rings (SSSR count). The highest BCUT2D eigenvalue weighted by Gasteiger charge is 2.07. The van der Waals surface area contributed by atoms with E-state index in [0.29, 0.717) is 0 Å². The van der Waals surface area contributed by atoms with Crippen molar-refractivity contribution in [1.29, 1.82) is 0 Å². The van der Waals surface area contributed by atoms with Crippen LogP contribution in [0.3, 0.4) is 0 Å². The van der Waals surface area contributed by atoms with Crippen molar-refractivity contribution in [3.8, 4) is 0 Å². The van der Waals surface area contributed by atoms with Gasteiger partial charge in [-0.3, -0.25) is 0 Å². The fraction of sp³-hybridized carbons (Fsp3) is 0.250. The summed E-state index contributed by atoms with van der Waals surface area (Å²) in [5.41, 5.74) is 1.99. The Morgan fingerprint density at radius 1 is 1.38 bits per heavy atom. The third-order valence-corrected chi connectivity index (χ3v) is 3.66. The molecule has 0 aliphatic heterocycles. The number of benzene rings is 1. The summed E-state index contributed by atoms with van der Waals surface area (Å²) in [6.45, 7) is 1.73. The quantitative estimate of drug-likeness (QED) is 0.940. The minimum absolute atomic E-state index is 0.477. The molecule has 1 aromatic carbocycles. The van der Waals surface area contributed by atoms with E-state index in [0.717, 1.165) is 21.6 Å². The Kier molecular flexibility index (Phi) is 3.74. The Morgan fingerprint density at radius 2 is 2.06 bits per heavy atom. The van der Waals surface area contributed by atoms with Crippen LogP contribution < -0.4 is 0 Å². The lowest BCUT2D eigenvalue weighted by atomic mass is 10.2. The van der Waals surface area contributed by atoms with Gasteiger partial charge in [0, 0.05) is 16.3 Å². The molecule has 0 saturated heterocycles. The average Bonchev–Trinajstić information content (AvgIpc) is 2.70. The van der Waals surface area contributed by atoms with E-state index in [1.165, 1.54) is 5.56 Å². The van der Waals surface area contributed by atoms with Crippen molar-refractivity contribution in [2.24, 2.45) is 0 Å². The molecule has 1 N–H and O–H groups in total. The van der Waals surface area contributed by atoms with Gasteiger partial charge >= 0.3 is 0 Å². The number of aliphatic hydroxyl groups is 1. The van der Waals surface area contributed by atoms with Crippen molar-refractivity contribution in [3.63, 3.8) is 0 Å². The molecule has 16 heavy (non-hydrogen) atoms. The molecule has 2 nitrogen and oxygen atoms in total. The molecule has 0 amide bonds. The van der Waals surface area contributed by atoms with E-state index in [9.17, 15) is 5.11 Å². The van der Waals surface area contributed by atoms with Gasteiger partial charge in [0.1, 0.15) is 0 Å². The Balaban J connectivity index is 2.11.